The number of carbonyl (C=O) groups excluding carboxylic acids is 2. The molecule has 2 atom stereocenters. The van der Waals surface area contributed by atoms with Gasteiger partial charge in [-0.05, 0) is 208 Å². The van der Waals surface area contributed by atoms with E-state index in [1.54, 1.807) is 47.0 Å². The first-order valence-electron chi connectivity index (χ1n) is 52.1. The zero-order valence-electron chi connectivity index (χ0n) is 81.6. The molecule has 4 nitrogen and oxygen atoms in total. The second-order valence-corrected chi connectivity index (χ2v) is 53.0. The van der Waals surface area contributed by atoms with Crippen LogP contribution in [-0.4, -0.2) is 32.1 Å². The lowest BCUT2D eigenvalue weighted by Crippen LogP contribution is -2.01. The number of fused-ring (bicyclic) bond motifs is 2. The van der Waals surface area contributed by atoms with Crippen molar-refractivity contribution in [3.63, 3.8) is 0 Å². The van der Waals surface area contributed by atoms with E-state index < -0.39 is 0 Å². The Balaban J connectivity index is 0.910. The molecule has 12 heterocycles. The lowest BCUT2D eigenvalue weighted by atomic mass is 9.95. The molecular weight excluding hydrogens is 1880 g/mol. The van der Waals surface area contributed by atoms with Crippen LogP contribution < -0.4 is 0 Å². The van der Waals surface area contributed by atoms with E-state index >= 15 is 0 Å². The summed E-state index contributed by atoms with van der Waals surface area (Å²) in [7, 11) is 0. The number of nitrogens with zero attached hydrogens (tertiary/aromatic N) is 2. The number of unbranched alkanes of at least 4 members (excludes halogenated alkanes) is 32. The van der Waals surface area contributed by atoms with Crippen LogP contribution in [0.5, 0.6) is 0 Å². The summed E-state index contributed by atoms with van der Waals surface area (Å²) in [5.41, 5.74) is 8.73. The lowest BCUT2D eigenvalue weighted by Gasteiger charge is -2.13. The van der Waals surface area contributed by atoms with Crippen molar-refractivity contribution in [1.82, 2.24) is 0 Å². The van der Waals surface area contributed by atoms with Crippen molar-refractivity contribution in [3.8, 4) is 79.4 Å². The highest BCUT2D eigenvalue weighted by Gasteiger charge is 2.31. The third kappa shape index (κ3) is 30.7. The first-order chi connectivity index (χ1) is 64.8. The summed E-state index contributed by atoms with van der Waals surface area (Å²) in [5.74, 6) is 3.24. The molecule has 10 aromatic heterocycles. The highest BCUT2D eigenvalue weighted by atomic mass is 32.2. The summed E-state index contributed by atoms with van der Waals surface area (Å²) < 4.78 is 4.69. The van der Waals surface area contributed by atoms with E-state index in [1.807, 2.05) is 45.3 Å². The van der Waals surface area contributed by atoms with Crippen LogP contribution in [0.3, 0.4) is 0 Å². The summed E-state index contributed by atoms with van der Waals surface area (Å²) in [4.78, 5) is 63.0. The molecule has 0 radical (unpaired) electrons. The predicted octanol–water partition coefficient (Wildman–Crippen LogP) is 43.2. The van der Waals surface area contributed by atoms with Crippen molar-refractivity contribution in [2.24, 2.45) is 21.8 Å². The van der Waals surface area contributed by atoms with Gasteiger partial charge in [0.2, 0.25) is 0 Å². The number of aliphatic imine (C=N–C) groups is 2. The topological polar surface area (TPSA) is 58.9 Å². The fourth-order valence-electron chi connectivity index (χ4n) is 18.7. The van der Waals surface area contributed by atoms with Gasteiger partial charge in [-0.1, -0.05) is 360 Å². The zero-order chi connectivity index (χ0) is 92.2. The van der Waals surface area contributed by atoms with Gasteiger partial charge in [-0.25, -0.2) is 0 Å². The molecule has 0 spiro atoms. The quantitative estimate of drug-likeness (QED) is 0.0280. The molecule has 132 heavy (non-hydrogen) atoms. The Bertz CT molecular complexity index is 5090. The minimum absolute atomic E-state index is 0.0792. The number of carbonyl (C=O) groups is 2. The molecule has 0 aliphatic carbocycles. The molecule has 1 aromatic carbocycles. The van der Waals surface area contributed by atoms with Crippen molar-refractivity contribution in [2.75, 3.05) is 11.5 Å². The Morgan fingerprint density at radius 3 is 0.917 bits per heavy atom. The van der Waals surface area contributed by atoms with Gasteiger partial charge in [0.1, 0.15) is 8.75 Å². The SMILES string of the molecule is CCCCCCCCSC1=NC(=O)/C(=C/c2cc(CCCCCCCC)c(-c3ccc(-c4sc(-c5cc6c(-c7ccc(CC(CC)CCCC)s7)c7sc(-c8cc(CCCCCCCC)c(-c9ccc(-c%10sc(/C=C%11\SC(SCCCCCCCC)=NC%11=O)cc%10CCCCCCCC)s9)s8)cc7c(-c7ccc(CC(CC)CCCC)s7)c6s5)cc4CCCCCCCC)s3)s2)S1. The molecule has 0 bridgehead atoms. The third-order valence-corrected chi connectivity index (χ3v) is 43.5. The number of amides is 2. The number of thioether (sulfide) groups is 4. The van der Waals surface area contributed by atoms with Gasteiger partial charge in [-0.2, -0.15) is 9.98 Å². The molecule has 2 aliphatic rings. The van der Waals surface area contributed by atoms with Crippen LogP contribution in [0.1, 0.15) is 394 Å². The van der Waals surface area contributed by atoms with Crippen LogP contribution in [-0.2, 0) is 48.1 Å². The first kappa shape index (κ1) is 106. The molecule has 18 heteroatoms. The van der Waals surface area contributed by atoms with E-state index in [0.29, 0.717) is 11.8 Å². The van der Waals surface area contributed by atoms with Gasteiger partial charge in [0.15, 0.2) is 0 Å². The molecule has 0 N–H and O–H groups in total. The van der Waals surface area contributed by atoms with Gasteiger partial charge in [0.25, 0.3) is 11.8 Å². The number of thiophene rings is 10. The van der Waals surface area contributed by atoms with Gasteiger partial charge < -0.3 is 0 Å². The van der Waals surface area contributed by atoms with Crippen LogP contribution in [0.25, 0.3) is 112 Å². The number of rotatable bonds is 64. The number of hydrogen-bond donors (Lipinski definition) is 0. The van der Waals surface area contributed by atoms with Crippen molar-refractivity contribution in [3.05, 3.63) is 137 Å². The molecular formula is C114H152N2O2S14. The Morgan fingerprint density at radius 2 is 0.583 bits per heavy atom. The van der Waals surface area contributed by atoms with Gasteiger partial charge in [-0.3, -0.25) is 9.59 Å². The summed E-state index contributed by atoms with van der Waals surface area (Å²) in [6, 6.07) is 35.5. The molecule has 2 amide bonds. The Labute approximate surface area is 853 Å². The fraction of sp³-hybridized carbons (Fsp3) is 0.561. The van der Waals surface area contributed by atoms with E-state index in [-0.39, 0.29) is 11.8 Å². The maximum Gasteiger partial charge on any atom is 0.285 e. The highest BCUT2D eigenvalue weighted by Crippen LogP contribution is 2.58. The molecule has 13 rings (SSSR count). The maximum absolute atomic E-state index is 13.7. The lowest BCUT2D eigenvalue weighted by molar-refractivity contribution is -0.114. The standard InChI is InChI=1S/C114H152N2O2S14/c1-11-21-29-35-41-47-55-81-71-87(75-101-111(117)115-113(131-101)119-67-51-45-39-33-25-15-5)123-105(81)93-63-65-95(125-93)107-83(57-49-43-37-31-23-13-3)73-97(127-107)99-77-89-103(91-61-59-85(121-91)69-79(19-9)53-27-17-7)110-90(104(109(89)129-99)92-62-60-86(122-92)70-80(20-10)54-28-18-8)78-100(130-110)98-74-84(58-50-44-38-32-24-14-4)108(128-98)96-66-64-94(126-96)106-82(56-48-42-36-30-22-12-2)72-88(124-106)76-102-112(118)116-114(132-102)120-68-52-46-40-34-26-16-6/h59-66,71-80H,11-58,67-70H2,1-10H3/b101-75-,102-76-. The van der Waals surface area contributed by atoms with Crippen LogP contribution in [0, 0.1) is 11.8 Å². The monoisotopic (exact) mass is 2030 g/mol. The third-order valence-electron chi connectivity index (χ3n) is 26.6. The van der Waals surface area contributed by atoms with Crippen molar-refractivity contribution < 1.29 is 9.59 Å². The summed E-state index contributed by atoms with van der Waals surface area (Å²) in [6.07, 6.45) is 66.6. The second-order valence-electron chi connectivity index (χ2n) is 37.4. The van der Waals surface area contributed by atoms with Crippen LogP contribution in [0.4, 0.5) is 0 Å². The molecule has 0 fully saturated rings. The van der Waals surface area contributed by atoms with E-state index in [0.717, 1.165) is 68.6 Å². The molecule has 2 unspecified atom stereocenters. The zero-order valence-corrected chi connectivity index (χ0v) is 93.0. The van der Waals surface area contributed by atoms with Gasteiger partial charge in [-0.15, -0.1) is 113 Å². The molecule has 2 aliphatic heterocycles. The molecule has 714 valence electrons. The van der Waals surface area contributed by atoms with Crippen molar-refractivity contribution in [2.45, 2.75) is 390 Å². The largest absolute Gasteiger partial charge is 0.285 e. The molecule has 0 saturated carbocycles. The Hall–Kier alpha value is -3.70. The van der Waals surface area contributed by atoms with Gasteiger partial charge in [0, 0.05) is 131 Å². The fourth-order valence-corrected chi connectivity index (χ4v) is 35.4. The number of benzene rings is 1. The van der Waals surface area contributed by atoms with Crippen molar-refractivity contribution >= 4 is 213 Å². The van der Waals surface area contributed by atoms with E-state index in [9.17, 15) is 9.59 Å². The van der Waals surface area contributed by atoms with E-state index in [2.05, 4.69) is 244 Å². The number of aryl methyl sites for hydroxylation is 4. The Morgan fingerprint density at radius 1 is 0.288 bits per heavy atom. The Kier molecular flexibility index (Phi) is 45.8. The van der Waals surface area contributed by atoms with Crippen molar-refractivity contribution in [1.29, 1.82) is 0 Å². The van der Waals surface area contributed by atoms with Crippen LogP contribution >= 0.6 is 160 Å². The van der Waals surface area contributed by atoms with E-state index in [1.165, 1.54) is 424 Å². The normalized spacial score (nSPS) is 14.3. The van der Waals surface area contributed by atoms with Crippen LogP contribution in [0.15, 0.2) is 105 Å². The summed E-state index contributed by atoms with van der Waals surface area (Å²) in [6.45, 7) is 23.4. The minimum Gasteiger partial charge on any atom is -0.266 e. The first-order valence-corrected chi connectivity index (χ1v) is 63.9. The van der Waals surface area contributed by atoms with Crippen LogP contribution in [0.2, 0.25) is 0 Å². The average molecular weight is 2030 g/mol. The van der Waals surface area contributed by atoms with Gasteiger partial charge in [0.05, 0.1) is 9.81 Å². The minimum atomic E-state index is -0.0792. The van der Waals surface area contributed by atoms with E-state index in [4.69, 9.17) is 0 Å². The summed E-state index contributed by atoms with van der Waals surface area (Å²) in [5, 5.41) is 2.83. The predicted molar refractivity (Wildman–Crippen MR) is 614 cm³/mol. The number of hydrogen-bond acceptors (Lipinski definition) is 16. The van der Waals surface area contributed by atoms with Gasteiger partial charge >= 0.3 is 0 Å². The molecule has 11 aromatic rings. The summed E-state index contributed by atoms with van der Waals surface area (Å²) >= 11 is 26.9. The smallest absolute Gasteiger partial charge is 0.266 e. The maximum atomic E-state index is 13.7. The second kappa shape index (κ2) is 57.3. The molecule has 0 saturated heterocycles. The average Bonchev–Trinajstić information content (AvgIpc) is 1.56. The highest BCUT2D eigenvalue weighted by molar-refractivity contribution is 8.41.